The molecule has 0 aliphatic carbocycles. The van der Waals surface area contributed by atoms with E-state index < -0.39 is 0 Å². The van der Waals surface area contributed by atoms with Crippen molar-refractivity contribution >= 4 is 15.9 Å². The fourth-order valence-electron chi connectivity index (χ4n) is 1.74. The number of benzene rings is 1. The molecule has 0 bridgehead atoms. The Morgan fingerprint density at radius 1 is 1.15 bits per heavy atom. The van der Waals surface area contributed by atoms with Crippen LogP contribution in [-0.4, -0.2) is 18.0 Å². The summed E-state index contributed by atoms with van der Waals surface area (Å²) in [6.45, 7) is 1.72. The van der Waals surface area contributed by atoms with E-state index in [4.69, 9.17) is 4.74 Å². The summed E-state index contributed by atoms with van der Waals surface area (Å²) >= 11 is 3.60. The SMILES string of the molecule is BrC1COCC(c2ccccc2)C1. The molecule has 1 saturated heterocycles. The van der Waals surface area contributed by atoms with Crippen molar-refractivity contribution in [2.75, 3.05) is 13.2 Å². The van der Waals surface area contributed by atoms with Crippen LogP contribution in [0.4, 0.5) is 0 Å². The van der Waals surface area contributed by atoms with Crippen LogP contribution in [0.15, 0.2) is 30.3 Å². The third-order valence-electron chi connectivity index (χ3n) is 2.43. The zero-order chi connectivity index (χ0) is 9.10. The van der Waals surface area contributed by atoms with Crippen LogP contribution in [0.5, 0.6) is 0 Å². The van der Waals surface area contributed by atoms with E-state index in [9.17, 15) is 0 Å². The molecule has 1 aliphatic heterocycles. The van der Waals surface area contributed by atoms with Crippen molar-refractivity contribution in [3.8, 4) is 0 Å². The molecular weight excluding hydrogens is 228 g/mol. The summed E-state index contributed by atoms with van der Waals surface area (Å²) in [5, 5.41) is 0. The first kappa shape index (κ1) is 9.22. The lowest BCUT2D eigenvalue weighted by Gasteiger charge is -2.26. The molecule has 2 rings (SSSR count). The second-order valence-corrected chi connectivity index (χ2v) is 4.77. The maximum Gasteiger partial charge on any atom is 0.0591 e. The van der Waals surface area contributed by atoms with Crippen molar-refractivity contribution in [2.24, 2.45) is 0 Å². The van der Waals surface area contributed by atoms with Gasteiger partial charge in [0.1, 0.15) is 0 Å². The van der Waals surface area contributed by atoms with E-state index in [-0.39, 0.29) is 0 Å². The van der Waals surface area contributed by atoms with Crippen molar-refractivity contribution < 1.29 is 4.74 Å². The van der Waals surface area contributed by atoms with Crippen molar-refractivity contribution in [1.82, 2.24) is 0 Å². The van der Waals surface area contributed by atoms with Crippen molar-refractivity contribution in [1.29, 1.82) is 0 Å². The average molecular weight is 241 g/mol. The van der Waals surface area contributed by atoms with Crippen LogP contribution in [-0.2, 0) is 4.74 Å². The Morgan fingerprint density at radius 3 is 2.62 bits per heavy atom. The molecule has 70 valence electrons. The minimum Gasteiger partial charge on any atom is -0.380 e. The standard InChI is InChI=1S/C11H13BrO/c12-11-6-10(7-13-8-11)9-4-2-1-3-5-9/h1-5,10-11H,6-8H2. The highest BCUT2D eigenvalue weighted by molar-refractivity contribution is 9.09. The number of rotatable bonds is 1. The van der Waals surface area contributed by atoms with Gasteiger partial charge in [-0.3, -0.25) is 0 Å². The van der Waals surface area contributed by atoms with Gasteiger partial charge in [0, 0.05) is 10.7 Å². The Bertz CT molecular complexity index is 260. The number of hydrogen-bond acceptors (Lipinski definition) is 1. The van der Waals surface area contributed by atoms with Gasteiger partial charge in [0.05, 0.1) is 13.2 Å². The van der Waals surface area contributed by atoms with Gasteiger partial charge in [-0.05, 0) is 12.0 Å². The summed E-state index contributed by atoms with van der Waals surface area (Å²) in [7, 11) is 0. The smallest absolute Gasteiger partial charge is 0.0591 e. The van der Waals surface area contributed by atoms with Gasteiger partial charge in [0.25, 0.3) is 0 Å². The molecule has 1 aliphatic rings. The number of ether oxygens (including phenoxy) is 1. The van der Waals surface area contributed by atoms with Gasteiger partial charge in [-0.25, -0.2) is 0 Å². The lowest BCUT2D eigenvalue weighted by Crippen LogP contribution is -2.24. The van der Waals surface area contributed by atoms with Gasteiger partial charge in [0.2, 0.25) is 0 Å². The molecule has 2 unspecified atom stereocenters. The largest absolute Gasteiger partial charge is 0.380 e. The van der Waals surface area contributed by atoms with Gasteiger partial charge in [-0.15, -0.1) is 0 Å². The molecule has 0 N–H and O–H groups in total. The van der Waals surface area contributed by atoms with Crippen molar-refractivity contribution in [3.63, 3.8) is 0 Å². The Kier molecular flexibility index (Phi) is 3.01. The molecule has 0 radical (unpaired) electrons. The zero-order valence-corrected chi connectivity index (χ0v) is 9.03. The van der Waals surface area contributed by atoms with Crippen LogP contribution >= 0.6 is 15.9 Å². The molecule has 13 heavy (non-hydrogen) atoms. The third kappa shape index (κ3) is 2.32. The highest BCUT2D eigenvalue weighted by Gasteiger charge is 2.21. The molecule has 1 nitrogen and oxygen atoms in total. The first-order chi connectivity index (χ1) is 6.36. The van der Waals surface area contributed by atoms with Crippen LogP contribution in [0.2, 0.25) is 0 Å². The Labute approximate surface area is 87.2 Å². The third-order valence-corrected chi connectivity index (χ3v) is 3.07. The zero-order valence-electron chi connectivity index (χ0n) is 7.45. The summed E-state index contributed by atoms with van der Waals surface area (Å²) in [5.74, 6) is 0.569. The molecule has 2 heteroatoms. The second-order valence-electron chi connectivity index (χ2n) is 3.48. The molecule has 1 fully saturated rings. The van der Waals surface area contributed by atoms with Crippen LogP contribution in [0, 0.1) is 0 Å². The van der Waals surface area contributed by atoms with Gasteiger partial charge in [-0.2, -0.15) is 0 Å². The highest BCUT2D eigenvalue weighted by atomic mass is 79.9. The second kappa shape index (κ2) is 4.25. The lowest BCUT2D eigenvalue weighted by atomic mass is 9.94. The molecule has 0 amide bonds. The fourth-order valence-corrected chi connectivity index (χ4v) is 2.38. The quantitative estimate of drug-likeness (QED) is 0.687. The summed E-state index contributed by atoms with van der Waals surface area (Å²) in [6.07, 6.45) is 1.18. The molecule has 0 saturated carbocycles. The number of halogens is 1. The highest BCUT2D eigenvalue weighted by Crippen LogP contribution is 2.28. The van der Waals surface area contributed by atoms with Gasteiger partial charge in [-0.1, -0.05) is 46.3 Å². The predicted molar refractivity (Wildman–Crippen MR) is 57.3 cm³/mol. The van der Waals surface area contributed by atoms with E-state index in [1.807, 2.05) is 0 Å². The average Bonchev–Trinajstić information content (AvgIpc) is 2.19. The first-order valence-corrected chi connectivity index (χ1v) is 5.54. The Balaban J connectivity index is 2.08. The van der Waals surface area contributed by atoms with E-state index in [0.717, 1.165) is 13.2 Å². The monoisotopic (exact) mass is 240 g/mol. The van der Waals surface area contributed by atoms with Crippen LogP contribution in [0.3, 0.4) is 0 Å². The molecular formula is C11H13BrO. The van der Waals surface area contributed by atoms with E-state index in [0.29, 0.717) is 10.7 Å². The Morgan fingerprint density at radius 2 is 1.92 bits per heavy atom. The Hall–Kier alpha value is -0.340. The van der Waals surface area contributed by atoms with E-state index in [1.54, 1.807) is 0 Å². The maximum absolute atomic E-state index is 5.50. The fraction of sp³-hybridized carbons (Fsp3) is 0.455. The van der Waals surface area contributed by atoms with Gasteiger partial charge < -0.3 is 4.74 Å². The minimum atomic E-state index is 0.520. The molecule has 0 aromatic heterocycles. The van der Waals surface area contributed by atoms with Crippen molar-refractivity contribution in [3.05, 3.63) is 35.9 Å². The summed E-state index contributed by atoms with van der Waals surface area (Å²) in [5.41, 5.74) is 1.40. The molecule has 0 spiro atoms. The molecule has 1 heterocycles. The number of alkyl halides is 1. The first-order valence-electron chi connectivity index (χ1n) is 4.63. The van der Waals surface area contributed by atoms with E-state index in [2.05, 4.69) is 46.3 Å². The van der Waals surface area contributed by atoms with Crippen molar-refractivity contribution in [2.45, 2.75) is 17.2 Å². The predicted octanol–water partition coefficient (Wildman–Crippen LogP) is 2.95. The normalized spacial score (nSPS) is 28.7. The van der Waals surface area contributed by atoms with Gasteiger partial charge >= 0.3 is 0 Å². The maximum atomic E-state index is 5.50. The minimum absolute atomic E-state index is 0.520. The van der Waals surface area contributed by atoms with Crippen LogP contribution in [0.1, 0.15) is 17.9 Å². The lowest BCUT2D eigenvalue weighted by molar-refractivity contribution is 0.0865. The summed E-state index contributed by atoms with van der Waals surface area (Å²) in [6, 6.07) is 10.6. The topological polar surface area (TPSA) is 9.23 Å². The van der Waals surface area contributed by atoms with Gasteiger partial charge in [0.15, 0.2) is 0 Å². The molecule has 1 aromatic rings. The van der Waals surface area contributed by atoms with Crippen LogP contribution in [0.25, 0.3) is 0 Å². The summed E-state index contributed by atoms with van der Waals surface area (Å²) < 4.78 is 5.50. The molecule has 2 atom stereocenters. The molecule has 1 aromatic carbocycles. The van der Waals surface area contributed by atoms with E-state index >= 15 is 0 Å². The number of hydrogen-bond donors (Lipinski definition) is 0. The van der Waals surface area contributed by atoms with E-state index in [1.165, 1.54) is 12.0 Å². The summed E-state index contributed by atoms with van der Waals surface area (Å²) in [4.78, 5) is 0.520. The van der Waals surface area contributed by atoms with Crippen LogP contribution < -0.4 is 0 Å².